The summed E-state index contributed by atoms with van der Waals surface area (Å²) in [5, 5.41) is 5.28. The molecule has 1 saturated heterocycles. The summed E-state index contributed by atoms with van der Waals surface area (Å²) in [6.45, 7) is 4.10. The van der Waals surface area contributed by atoms with Crippen molar-refractivity contribution in [3.63, 3.8) is 0 Å². The molecule has 25 heavy (non-hydrogen) atoms. The molecule has 0 saturated carbocycles. The van der Waals surface area contributed by atoms with Crippen LogP contribution >= 0.6 is 12.4 Å². The average Bonchev–Trinajstić information content (AvgIpc) is 2.56. The molecule has 0 aromatic heterocycles. The number of hydrogen-bond donors (Lipinski definition) is 2. The van der Waals surface area contributed by atoms with Crippen LogP contribution in [0.2, 0.25) is 0 Å². The average molecular weight is 393 g/mol. The smallest absolute Gasteiger partial charge is 0.221 e. The van der Waals surface area contributed by atoms with Gasteiger partial charge in [0.25, 0.3) is 0 Å². The monoisotopic (exact) mass is 392 g/mol. The standard InChI is InChI=1S/C17H25FN2O3S.ClH/c1-13(24(22,23)16-6-4-15(18)5-7-16)11-17(21)20-10-8-14-3-2-9-19-12-14;/h4-7,13-14,19H,2-3,8-12H2,1H3,(H,20,21);1H. The maximum absolute atomic E-state index is 12.9. The number of sulfone groups is 1. The largest absolute Gasteiger partial charge is 0.356 e. The second-order valence-electron chi connectivity index (χ2n) is 6.36. The van der Waals surface area contributed by atoms with Gasteiger partial charge in [0.2, 0.25) is 5.91 Å². The van der Waals surface area contributed by atoms with Crippen molar-refractivity contribution in [3.8, 4) is 0 Å². The fourth-order valence-electron chi connectivity index (χ4n) is 2.89. The highest BCUT2D eigenvalue weighted by Gasteiger charge is 2.25. The Hall–Kier alpha value is -1.18. The van der Waals surface area contributed by atoms with Crippen molar-refractivity contribution in [2.24, 2.45) is 5.92 Å². The molecular weight excluding hydrogens is 367 g/mol. The van der Waals surface area contributed by atoms with Gasteiger partial charge in [-0.2, -0.15) is 0 Å². The Balaban J connectivity index is 0.00000312. The van der Waals surface area contributed by atoms with E-state index in [0.29, 0.717) is 12.5 Å². The molecule has 1 heterocycles. The first-order chi connectivity index (χ1) is 11.4. The number of benzene rings is 1. The van der Waals surface area contributed by atoms with E-state index in [0.717, 1.165) is 44.5 Å². The van der Waals surface area contributed by atoms with Crippen LogP contribution in [0.3, 0.4) is 0 Å². The molecule has 1 aromatic rings. The highest BCUT2D eigenvalue weighted by Crippen LogP contribution is 2.19. The van der Waals surface area contributed by atoms with Crippen LogP contribution in [-0.2, 0) is 14.6 Å². The minimum atomic E-state index is -3.63. The molecule has 0 aliphatic carbocycles. The van der Waals surface area contributed by atoms with Crippen LogP contribution in [0.15, 0.2) is 29.2 Å². The number of rotatable bonds is 7. The van der Waals surface area contributed by atoms with E-state index in [2.05, 4.69) is 10.6 Å². The van der Waals surface area contributed by atoms with Crippen LogP contribution in [0.5, 0.6) is 0 Å². The van der Waals surface area contributed by atoms with Crippen molar-refractivity contribution in [1.82, 2.24) is 10.6 Å². The van der Waals surface area contributed by atoms with Crippen LogP contribution in [0, 0.1) is 11.7 Å². The summed E-state index contributed by atoms with van der Waals surface area (Å²) in [5.41, 5.74) is 0. The molecule has 2 rings (SSSR count). The lowest BCUT2D eigenvalue weighted by molar-refractivity contribution is -0.121. The van der Waals surface area contributed by atoms with Crippen LogP contribution in [0.4, 0.5) is 4.39 Å². The van der Waals surface area contributed by atoms with Crippen molar-refractivity contribution in [2.75, 3.05) is 19.6 Å². The van der Waals surface area contributed by atoms with E-state index in [1.807, 2.05) is 0 Å². The number of hydrogen-bond acceptors (Lipinski definition) is 4. The van der Waals surface area contributed by atoms with Crippen molar-refractivity contribution < 1.29 is 17.6 Å². The van der Waals surface area contributed by atoms with Gasteiger partial charge in [0.15, 0.2) is 9.84 Å². The third kappa shape index (κ3) is 6.56. The number of nitrogens with one attached hydrogen (secondary N) is 2. The molecule has 0 bridgehead atoms. The quantitative estimate of drug-likeness (QED) is 0.698. The summed E-state index contributed by atoms with van der Waals surface area (Å²) >= 11 is 0. The van der Waals surface area contributed by atoms with E-state index in [1.54, 1.807) is 0 Å². The Morgan fingerprint density at radius 3 is 2.64 bits per heavy atom. The molecule has 2 atom stereocenters. The predicted octanol–water partition coefficient (Wildman–Crippen LogP) is 2.31. The van der Waals surface area contributed by atoms with E-state index in [4.69, 9.17) is 0 Å². The van der Waals surface area contributed by atoms with Crippen LogP contribution < -0.4 is 10.6 Å². The first kappa shape index (κ1) is 21.9. The van der Waals surface area contributed by atoms with Gasteiger partial charge in [0, 0.05) is 13.0 Å². The number of carbonyl (C=O) groups is 1. The predicted molar refractivity (Wildman–Crippen MR) is 98.1 cm³/mol. The Morgan fingerprint density at radius 2 is 2.04 bits per heavy atom. The molecule has 1 fully saturated rings. The van der Waals surface area contributed by atoms with E-state index in [1.165, 1.54) is 19.1 Å². The molecule has 142 valence electrons. The SMILES string of the molecule is CC(CC(=O)NCCC1CCCNC1)S(=O)(=O)c1ccc(F)cc1.Cl. The van der Waals surface area contributed by atoms with E-state index in [9.17, 15) is 17.6 Å². The van der Waals surface area contributed by atoms with Crippen molar-refractivity contribution >= 4 is 28.2 Å². The summed E-state index contributed by atoms with van der Waals surface area (Å²) in [6, 6.07) is 4.68. The first-order valence-corrected chi connectivity index (χ1v) is 9.91. The zero-order valence-electron chi connectivity index (χ0n) is 14.3. The fourth-order valence-corrected chi connectivity index (χ4v) is 4.24. The topological polar surface area (TPSA) is 75.3 Å². The fraction of sp³-hybridized carbons (Fsp3) is 0.588. The maximum atomic E-state index is 12.9. The molecule has 0 radical (unpaired) electrons. The molecule has 5 nitrogen and oxygen atoms in total. The van der Waals surface area contributed by atoms with Gasteiger partial charge in [-0.15, -0.1) is 12.4 Å². The molecule has 1 aliphatic heterocycles. The lowest BCUT2D eigenvalue weighted by atomic mass is 9.96. The lowest BCUT2D eigenvalue weighted by Crippen LogP contribution is -2.34. The van der Waals surface area contributed by atoms with Gasteiger partial charge in [-0.3, -0.25) is 4.79 Å². The second-order valence-corrected chi connectivity index (χ2v) is 8.73. The van der Waals surface area contributed by atoms with Gasteiger partial charge in [-0.1, -0.05) is 0 Å². The number of halogens is 2. The zero-order valence-corrected chi connectivity index (χ0v) is 16.0. The number of amides is 1. The highest BCUT2D eigenvalue weighted by atomic mass is 35.5. The third-order valence-corrected chi connectivity index (χ3v) is 6.57. The molecule has 0 spiro atoms. The summed E-state index contributed by atoms with van der Waals surface area (Å²) in [7, 11) is -3.63. The lowest BCUT2D eigenvalue weighted by Gasteiger charge is -2.22. The minimum absolute atomic E-state index is 0. The number of carbonyl (C=O) groups excluding carboxylic acids is 1. The van der Waals surface area contributed by atoms with Crippen molar-refractivity contribution in [3.05, 3.63) is 30.1 Å². The Labute approximate surface area is 155 Å². The van der Waals surface area contributed by atoms with Gasteiger partial charge in [0.05, 0.1) is 10.1 Å². The van der Waals surface area contributed by atoms with E-state index < -0.39 is 20.9 Å². The summed E-state index contributed by atoms with van der Waals surface area (Å²) in [5.74, 6) is -0.187. The van der Waals surface area contributed by atoms with Gasteiger partial charge >= 0.3 is 0 Å². The minimum Gasteiger partial charge on any atom is -0.356 e. The Morgan fingerprint density at radius 1 is 1.36 bits per heavy atom. The van der Waals surface area contributed by atoms with Gasteiger partial charge < -0.3 is 10.6 Å². The molecule has 1 aromatic carbocycles. The summed E-state index contributed by atoms with van der Waals surface area (Å²) in [4.78, 5) is 12.0. The molecular formula is C17H26ClFN2O3S. The maximum Gasteiger partial charge on any atom is 0.221 e. The van der Waals surface area contributed by atoms with Crippen LogP contribution in [-0.4, -0.2) is 39.2 Å². The van der Waals surface area contributed by atoms with Crippen molar-refractivity contribution in [2.45, 2.75) is 42.8 Å². The van der Waals surface area contributed by atoms with Crippen LogP contribution in [0.25, 0.3) is 0 Å². The van der Waals surface area contributed by atoms with E-state index in [-0.39, 0.29) is 29.6 Å². The van der Waals surface area contributed by atoms with Crippen molar-refractivity contribution in [1.29, 1.82) is 0 Å². The first-order valence-electron chi connectivity index (χ1n) is 8.36. The van der Waals surface area contributed by atoms with Gasteiger partial charge in [-0.25, -0.2) is 12.8 Å². The molecule has 8 heteroatoms. The summed E-state index contributed by atoms with van der Waals surface area (Å²) < 4.78 is 37.7. The zero-order chi connectivity index (χ0) is 17.6. The highest BCUT2D eigenvalue weighted by molar-refractivity contribution is 7.92. The molecule has 2 N–H and O–H groups in total. The van der Waals surface area contributed by atoms with Gasteiger partial charge in [-0.05, 0) is 69.5 Å². The molecule has 1 aliphatic rings. The van der Waals surface area contributed by atoms with Crippen LogP contribution in [0.1, 0.15) is 32.6 Å². The third-order valence-electron chi connectivity index (χ3n) is 4.42. The molecule has 2 unspecified atom stereocenters. The van der Waals surface area contributed by atoms with E-state index >= 15 is 0 Å². The molecule has 1 amide bonds. The number of piperidine rings is 1. The Kier molecular flexibility index (Phi) is 8.82. The second kappa shape index (κ2) is 10.1. The van der Waals surface area contributed by atoms with Gasteiger partial charge in [0.1, 0.15) is 5.82 Å². The normalized spacial score (nSPS) is 18.9. The Bertz CT molecular complexity index is 646. The summed E-state index contributed by atoms with van der Waals surface area (Å²) in [6.07, 6.45) is 3.13.